The fourth-order valence-corrected chi connectivity index (χ4v) is 2.94. The van der Waals surface area contributed by atoms with Gasteiger partial charge in [0.15, 0.2) is 5.58 Å². The molecule has 1 aliphatic rings. The monoisotopic (exact) mass is 286 g/mol. The number of para-hydroxylation sites is 1. The van der Waals surface area contributed by atoms with Crippen LogP contribution >= 0.6 is 11.5 Å². The summed E-state index contributed by atoms with van der Waals surface area (Å²) < 4.78 is 9.77. The summed E-state index contributed by atoms with van der Waals surface area (Å²) in [5.74, 6) is 1.60. The highest BCUT2D eigenvalue weighted by Crippen LogP contribution is 2.39. The maximum Gasteiger partial charge on any atom is 0.205 e. The van der Waals surface area contributed by atoms with Crippen molar-refractivity contribution in [1.29, 1.82) is 0 Å². The van der Waals surface area contributed by atoms with Gasteiger partial charge >= 0.3 is 0 Å². The van der Waals surface area contributed by atoms with Crippen LogP contribution in [-0.2, 0) is 6.54 Å². The van der Waals surface area contributed by atoms with Crippen molar-refractivity contribution in [2.24, 2.45) is 0 Å². The predicted octanol–water partition coefficient (Wildman–Crippen LogP) is 3.19. The fourth-order valence-electron chi connectivity index (χ4n) is 2.23. The van der Waals surface area contributed by atoms with E-state index in [1.54, 1.807) is 0 Å². The van der Waals surface area contributed by atoms with Crippen molar-refractivity contribution >= 4 is 27.6 Å². The number of fused-ring (bicyclic) bond motifs is 1. The molecule has 0 radical (unpaired) electrons. The van der Waals surface area contributed by atoms with Gasteiger partial charge in [-0.25, -0.2) is 4.98 Å². The second-order valence-electron chi connectivity index (χ2n) is 5.19. The van der Waals surface area contributed by atoms with Crippen LogP contribution in [0.4, 0.5) is 5.13 Å². The molecular weight excluding hydrogens is 272 g/mol. The van der Waals surface area contributed by atoms with Crippen molar-refractivity contribution < 1.29 is 4.52 Å². The van der Waals surface area contributed by atoms with Crippen molar-refractivity contribution in [3.63, 3.8) is 0 Å². The Bertz CT molecular complexity index is 746. The quantitative estimate of drug-likeness (QED) is 0.737. The van der Waals surface area contributed by atoms with Crippen molar-refractivity contribution in [3.8, 4) is 0 Å². The zero-order valence-corrected chi connectivity index (χ0v) is 11.9. The molecule has 0 atom stereocenters. The van der Waals surface area contributed by atoms with Crippen LogP contribution in [0.25, 0.3) is 11.0 Å². The van der Waals surface area contributed by atoms with Crippen molar-refractivity contribution in [1.82, 2.24) is 14.5 Å². The third-order valence-electron chi connectivity index (χ3n) is 3.54. The molecule has 0 aliphatic heterocycles. The SMILES string of the molecule is CN(Cc1noc2ccccc12)c1nc(C2CC2)ns1. The first kappa shape index (κ1) is 11.8. The lowest BCUT2D eigenvalue weighted by Gasteiger charge is -2.12. The lowest BCUT2D eigenvalue weighted by Crippen LogP contribution is -2.16. The van der Waals surface area contributed by atoms with E-state index in [1.165, 1.54) is 24.4 Å². The van der Waals surface area contributed by atoms with Gasteiger partial charge in [0.25, 0.3) is 0 Å². The van der Waals surface area contributed by atoms with E-state index in [4.69, 9.17) is 4.52 Å². The smallest absolute Gasteiger partial charge is 0.205 e. The molecule has 0 bridgehead atoms. The lowest BCUT2D eigenvalue weighted by molar-refractivity contribution is 0.445. The standard InChI is InChI=1S/C14H14N4OS/c1-18(14-15-13(17-20-14)9-6-7-9)8-11-10-4-2-3-5-12(10)19-16-11/h2-5,9H,6-8H2,1H3. The van der Waals surface area contributed by atoms with Crippen LogP contribution in [0.3, 0.4) is 0 Å². The molecule has 0 N–H and O–H groups in total. The maximum absolute atomic E-state index is 5.33. The van der Waals surface area contributed by atoms with Crippen LogP contribution in [0.1, 0.15) is 30.3 Å². The Morgan fingerprint density at radius 2 is 2.20 bits per heavy atom. The zero-order chi connectivity index (χ0) is 13.5. The Morgan fingerprint density at radius 3 is 3.05 bits per heavy atom. The Hall–Kier alpha value is -1.95. The van der Waals surface area contributed by atoms with Gasteiger partial charge in [-0.2, -0.15) is 4.37 Å². The number of benzene rings is 1. The van der Waals surface area contributed by atoms with Crippen LogP contribution in [0.5, 0.6) is 0 Å². The fraction of sp³-hybridized carbons (Fsp3) is 0.357. The van der Waals surface area contributed by atoms with E-state index in [1.807, 2.05) is 31.3 Å². The molecule has 0 amide bonds. The number of aromatic nitrogens is 3. The first-order valence-electron chi connectivity index (χ1n) is 6.69. The van der Waals surface area contributed by atoms with Crippen LogP contribution in [0, 0.1) is 0 Å². The average molecular weight is 286 g/mol. The van der Waals surface area contributed by atoms with Crippen molar-refractivity contribution in [3.05, 3.63) is 35.8 Å². The van der Waals surface area contributed by atoms with E-state index < -0.39 is 0 Å². The molecule has 1 aliphatic carbocycles. The molecule has 6 heteroatoms. The largest absolute Gasteiger partial charge is 0.356 e. The molecule has 0 spiro atoms. The molecule has 4 rings (SSSR count). The van der Waals surface area contributed by atoms with E-state index >= 15 is 0 Å². The predicted molar refractivity (Wildman–Crippen MR) is 78.0 cm³/mol. The van der Waals surface area contributed by atoms with E-state index in [0.717, 1.165) is 27.6 Å². The summed E-state index contributed by atoms with van der Waals surface area (Å²) in [5.41, 5.74) is 1.76. The highest BCUT2D eigenvalue weighted by Gasteiger charge is 2.28. The Balaban J connectivity index is 1.57. The molecular formula is C14H14N4OS. The summed E-state index contributed by atoms with van der Waals surface area (Å²) >= 11 is 1.46. The lowest BCUT2D eigenvalue weighted by atomic mass is 10.2. The molecule has 1 fully saturated rings. The summed E-state index contributed by atoms with van der Waals surface area (Å²) in [6.45, 7) is 0.677. The third kappa shape index (κ3) is 2.06. The minimum absolute atomic E-state index is 0.598. The summed E-state index contributed by atoms with van der Waals surface area (Å²) in [4.78, 5) is 6.68. The minimum atomic E-state index is 0.598. The summed E-state index contributed by atoms with van der Waals surface area (Å²) in [6, 6.07) is 7.92. The van der Waals surface area contributed by atoms with Gasteiger partial charge in [-0.3, -0.25) is 0 Å². The van der Waals surface area contributed by atoms with Gasteiger partial charge in [-0.15, -0.1) is 0 Å². The van der Waals surface area contributed by atoms with Crippen LogP contribution < -0.4 is 4.90 Å². The first-order chi connectivity index (χ1) is 9.81. The Labute approximate surface area is 120 Å². The van der Waals surface area contributed by atoms with E-state index in [-0.39, 0.29) is 0 Å². The average Bonchev–Trinajstić information content (AvgIpc) is 3.06. The summed E-state index contributed by atoms with van der Waals surface area (Å²) in [6.07, 6.45) is 2.46. The number of rotatable bonds is 4. The van der Waals surface area contributed by atoms with Gasteiger partial charge < -0.3 is 9.42 Å². The first-order valence-corrected chi connectivity index (χ1v) is 7.46. The molecule has 5 nitrogen and oxygen atoms in total. The van der Waals surface area contributed by atoms with Gasteiger partial charge in [0.2, 0.25) is 5.13 Å². The second kappa shape index (κ2) is 4.56. The van der Waals surface area contributed by atoms with Crippen LogP contribution in [0.15, 0.2) is 28.8 Å². The van der Waals surface area contributed by atoms with Crippen molar-refractivity contribution in [2.75, 3.05) is 11.9 Å². The minimum Gasteiger partial charge on any atom is -0.356 e. The molecule has 1 aromatic carbocycles. The highest BCUT2D eigenvalue weighted by molar-refractivity contribution is 7.09. The Kier molecular flexibility index (Phi) is 2.70. The molecule has 1 saturated carbocycles. The molecule has 0 saturated heterocycles. The summed E-state index contributed by atoms with van der Waals surface area (Å²) in [5, 5.41) is 6.16. The highest BCUT2D eigenvalue weighted by atomic mass is 32.1. The van der Waals surface area contributed by atoms with Gasteiger partial charge in [0.05, 0.1) is 6.54 Å². The number of nitrogens with zero attached hydrogens (tertiary/aromatic N) is 4. The van der Waals surface area contributed by atoms with Crippen molar-refractivity contribution in [2.45, 2.75) is 25.3 Å². The van der Waals surface area contributed by atoms with Gasteiger partial charge in [-0.1, -0.05) is 17.3 Å². The third-order valence-corrected chi connectivity index (χ3v) is 4.38. The molecule has 2 heterocycles. The normalized spacial score (nSPS) is 14.8. The molecule has 20 heavy (non-hydrogen) atoms. The van der Waals surface area contributed by atoms with Gasteiger partial charge in [0.1, 0.15) is 11.5 Å². The second-order valence-corrected chi connectivity index (χ2v) is 5.92. The van der Waals surface area contributed by atoms with Gasteiger partial charge in [0, 0.05) is 29.9 Å². The van der Waals surface area contributed by atoms with E-state index in [0.29, 0.717) is 12.5 Å². The van der Waals surface area contributed by atoms with Crippen LogP contribution in [0.2, 0.25) is 0 Å². The van der Waals surface area contributed by atoms with Gasteiger partial charge in [-0.05, 0) is 25.0 Å². The molecule has 3 aromatic rings. The van der Waals surface area contributed by atoms with E-state index in [2.05, 4.69) is 19.4 Å². The molecule has 0 unspecified atom stereocenters. The topological polar surface area (TPSA) is 55.1 Å². The number of hydrogen-bond donors (Lipinski definition) is 0. The van der Waals surface area contributed by atoms with Crippen LogP contribution in [-0.4, -0.2) is 21.6 Å². The number of anilines is 1. The Morgan fingerprint density at radius 1 is 1.35 bits per heavy atom. The number of hydrogen-bond acceptors (Lipinski definition) is 6. The zero-order valence-electron chi connectivity index (χ0n) is 11.1. The maximum atomic E-state index is 5.33. The molecule has 2 aromatic heterocycles. The van der Waals surface area contributed by atoms with E-state index in [9.17, 15) is 0 Å². The summed E-state index contributed by atoms with van der Waals surface area (Å²) in [7, 11) is 2.01. The molecule has 102 valence electrons.